The SMILES string of the molecule is Fc1cccc(F)c1C=NNC(=S)Nc1ccc(Cl)c(Cl)c1. The molecular weight excluding hydrogens is 351 g/mol. The van der Waals surface area contributed by atoms with Gasteiger partial charge in [0.15, 0.2) is 5.11 Å². The lowest BCUT2D eigenvalue weighted by molar-refractivity contribution is 0.580. The van der Waals surface area contributed by atoms with Crippen LogP contribution in [0, 0.1) is 11.6 Å². The Morgan fingerprint density at radius 3 is 2.41 bits per heavy atom. The van der Waals surface area contributed by atoms with E-state index in [0.717, 1.165) is 18.3 Å². The van der Waals surface area contributed by atoms with Gasteiger partial charge in [-0.15, -0.1) is 0 Å². The number of benzene rings is 2. The van der Waals surface area contributed by atoms with Crippen molar-refractivity contribution in [2.45, 2.75) is 0 Å². The van der Waals surface area contributed by atoms with Crippen LogP contribution >= 0.6 is 35.4 Å². The summed E-state index contributed by atoms with van der Waals surface area (Å²) >= 11 is 16.7. The fourth-order valence-corrected chi connectivity index (χ4v) is 1.99. The zero-order chi connectivity index (χ0) is 16.1. The number of hydrogen-bond donors (Lipinski definition) is 2. The first-order chi connectivity index (χ1) is 10.5. The summed E-state index contributed by atoms with van der Waals surface area (Å²) in [5, 5.41) is 7.40. The Bertz CT molecular complexity index is 718. The molecule has 0 saturated carbocycles. The number of hydrogen-bond acceptors (Lipinski definition) is 2. The normalized spacial score (nSPS) is 10.7. The van der Waals surface area contributed by atoms with Gasteiger partial charge in [-0.3, -0.25) is 5.43 Å². The predicted octanol–water partition coefficient (Wildman–Crippen LogP) is 4.59. The molecular formula is C14H9Cl2F2N3S. The van der Waals surface area contributed by atoms with Crippen molar-refractivity contribution in [2.75, 3.05) is 5.32 Å². The first-order valence-electron chi connectivity index (χ1n) is 5.96. The van der Waals surface area contributed by atoms with Crippen LogP contribution in [0.1, 0.15) is 5.56 Å². The minimum absolute atomic E-state index is 0.131. The highest BCUT2D eigenvalue weighted by atomic mass is 35.5. The number of thiocarbonyl (C=S) groups is 1. The summed E-state index contributed by atoms with van der Waals surface area (Å²) in [6, 6.07) is 8.40. The summed E-state index contributed by atoms with van der Waals surface area (Å²) in [7, 11) is 0. The largest absolute Gasteiger partial charge is 0.331 e. The summed E-state index contributed by atoms with van der Waals surface area (Å²) in [6.07, 6.45) is 1.01. The minimum atomic E-state index is -0.714. The van der Waals surface area contributed by atoms with E-state index < -0.39 is 11.6 Å². The Balaban J connectivity index is 1.98. The first-order valence-corrected chi connectivity index (χ1v) is 7.13. The Kier molecular flexibility index (Phi) is 5.65. The predicted molar refractivity (Wildman–Crippen MR) is 89.8 cm³/mol. The van der Waals surface area contributed by atoms with Crippen molar-refractivity contribution in [3.8, 4) is 0 Å². The number of anilines is 1. The molecule has 0 spiro atoms. The Hall–Kier alpha value is -1.76. The molecule has 0 aliphatic rings. The average molecular weight is 360 g/mol. The molecule has 0 amide bonds. The molecule has 8 heteroatoms. The molecule has 0 aliphatic heterocycles. The second-order valence-electron chi connectivity index (χ2n) is 4.09. The molecule has 0 unspecified atom stereocenters. The summed E-state index contributed by atoms with van der Waals surface area (Å²) in [5.41, 5.74) is 2.79. The minimum Gasteiger partial charge on any atom is -0.331 e. The number of nitrogens with zero attached hydrogens (tertiary/aromatic N) is 1. The zero-order valence-corrected chi connectivity index (χ0v) is 13.2. The second kappa shape index (κ2) is 7.49. The monoisotopic (exact) mass is 359 g/mol. The highest BCUT2D eigenvalue weighted by molar-refractivity contribution is 7.80. The fraction of sp³-hybridized carbons (Fsp3) is 0. The maximum Gasteiger partial charge on any atom is 0.191 e. The van der Waals surface area contributed by atoms with E-state index in [1.165, 1.54) is 6.07 Å². The lowest BCUT2D eigenvalue weighted by Crippen LogP contribution is -2.23. The van der Waals surface area contributed by atoms with Gasteiger partial charge in [0.25, 0.3) is 0 Å². The van der Waals surface area contributed by atoms with Gasteiger partial charge in [-0.2, -0.15) is 5.10 Å². The van der Waals surface area contributed by atoms with Gasteiger partial charge < -0.3 is 5.32 Å². The van der Waals surface area contributed by atoms with Gasteiger partial charge in [0.1, 0.15) is 11.6 Å². The van der Waals surface area contributed by atoms with E-state index in [4.69, 9.17) is 35.4 Å². The van der Waals surface area contributed by atoms with Gasteiger partial charge >= 0.3 is 0 Å². The molecule has 114 valence electrons. The van der Waals surface area contributed by atoms with Crippen LogP contribution in [0.4, 0.5) is 14.5 Å². The standard InChI is InChI=1S/C14H9Cl2F2N3S/c15-10-5-4-8(6-11(10)16)20-14(22)21-19-7-9-12(17)2-1-3-13(9)18/h1-7H,(H2,20,21,22). The van der Waals surface area contributed by atoms with Crippen LogP contribution in [0.3, 0.4) is 0 Å². The van der Waals surface area contributed by atoms with E-state index in [1.807, 2.05) is 0 Å². The highest BCUT2D eigenvalue weighted by Gasteiger charge is 2.05. The van der Waals surface area contributed by atoms with E-state index in [9.17, 15) is 8.78 Å². The third-order valence-corrected chi connectivity index (χ3v) is 3.47. The van der Waals surface area contributed by atoms with E-state index in [0.29, 0.717) is 15.7 Å². The zero-order valence-electron chi connectivity index (χ0n) is 10.9. The van der Waals surface area contributed by atoms with Gasteiger partial charge in [-0.1, -0.05) is 29.3 Å². The molecule has 0 aliphatic carbocycles. The van der Waals surface area contributed by atoms with Crippen molar-refractivity contribution >= 4 is 52.4 Å². The Labute approximate surface area is 140 Å². The second-order valence-corrected chi connectivity index (χ2v) is 5.31. The molecule has 2 rings (SSSR count). The molecule has 2 aromatic rings. The van der Waals surface area contributed by atoms with E-state index in [1.54, 1.807) is 18.2 Å². The van der Waals surface area contributed by atoms with Crippen LogP contribution in [0.2, 0.25) is 10.0 Å². The third kappa shape index (κ3) is 4.37. The molecule has 2 aromatic carbocycles. The van der Waals surface area contributed by atoms with E-state index >= 15 is 0 Å². The van der Waals surface area contributed by atoms with Gasteiger partial charge in [0.2, 0.25) is 0 Å². The molecule has 0 fully saturated rings. The Morgan fingerprint density at radius 2 is 1.77 bits per heavy atom. The van der Waals surface area contributed by atoms with E-state index in [2.05, 4.69) is 15.8 Å². The van der Waals surface area contributed by atoms with Crippen LogP contribution in [0.5, 0.6) is 0 Å². The highest BCUT2D eigenvalue weighted by Crippen LogP contribution is 2.24. The maximum atomic E-state index is 13.4. The molecule has 22 heavy (non-hydrogen) atoms. The summed E-state index contributed by atoms with van der Waals surface area (Å²) in [5.74, 6) is -1.43. The molecule has 0 atom stereocenters. The smallest absolute Gasteiger partial charge is 0.191 e. The van der Waals surface area contributed by atoms with Gasteiger partial charge in [-0.25, -0.2) is 8.78 Å². The lowest BCUT2D eigenvalue weighted by Gasteiger charge is -2.07. The fourth-order valence-electron chi connectivity index (χ4n) is 1.52. The summed E-state index contributed by atoms with van der Waals surface area (Å²) in [4.78, 5) is 0. The van der Waals surface area contributed by atoms with Gasteiger partial charge in [0.05, 0.1) is 21.8 Å². The van der Waals surface area contributed by atoms with Crippen LogP contribution in [0.25, 0.3) is 0 Å². The van der Waals surface area contributed by atoms with Crippen molar-refractivity contribution in [1.29, 1.82) is 0 Å². The van der Waals surface area contributed by atoms with E-state index in [-0.39, 0.29) is 10.7 Å². The molecule has 0 saturated heterocycles. The Morgan fingerprint density at radius 1 is 1.09 bits per heavy atom. The van der Waals surface area contributed by atoms with Crippen molar-refractivity contribution in [1.82, 2.24) is 5.43 Å². The van der Waals surface area contributed by atoms with Gasteiger partial charge in [0, 0.05) is 5.69 Å². The number of nitrogens with one attached hydrogen (secondary N) is 2. The number of rotatable bonds is 3. The summed E-state index contributed by atoms with van der Waals surface area (Å²) in [6.45, 7) is 0. The van der Waals surface area contributed by atoms with Crippen molar-refractivity contribution in [3.63, 3.8) is 0 Å². The van der Waals surface area contributed by atoms with Crippen LogP contribution in [-0.4, -0.2) is 11.3 Å². The molecule has 0 heterocycles. The third-order valence-electron chi connectivity index (χ3n) is 2.54. The van der Waals surface area contributed by atoms with Crippen LogP contribution in [-0.2, 0) is 0 Å². The average Bonchev–Trinajstić information content (AvgIpc) is 2.46. The van der Waals surface area contributed by atoms with Crippen molar-refractivity contribution in [3.05, 3.63) is 63.6 Å². The molecule has 0 radical (unpaired) electrons. The maximum absolute atomic E-state index is 13.4. The van der Waals surface area contributed by atoms with Gasteiger partial charge in [-0.05, 0) is 42.5 Å². The lowest BCUT2D eigenvalue weighted by atomic mass is 10.2. The first kappa shape index (κ1) is 16.6. The quantitative estimate of drug-likeness (QED) is 0.478. The topological polar surface area (TPSA) is 36.4 Å². The van der Waals surface area contributed by atoms with Crippen LogP contribution < -0.4 is 10.7 Å². The summed E-state index contributed by atoms with van der Waals surface area (Å²) < 4.78 is 26.7. The van der Waals surface area contributed by atoms with Crippen LogP contribution in [0.15, 0.2) is 41.5 Å². The number of hydrazone groups is 1. The molecule has 2 N–H and O–H groups in total. The molecule has 0 bridgehead atoms. The molecule has 3 nitrogen and oxygen atoms in total. The van der Waals surface area contributed by atoms with Crippen molar-refractivity contribution in [2.24, 2.45) is 5.10 Å². The number of halogens is 4. The van der Waals surface area contributed by atoms with Crippen molar-refractivity contribution < 1.29 is 8.78 Å². The molecule has 0 aromatic heterocycles.